The molecule has 6 heteroatoms. The third-order valence-corrected chi connectivity index (χ3v) is 4.70. The fourth-order valence-corrected chi connectivity index (χ4v) is 3.39. The van der Waals surface area contributed by atoms with Crippen molar-refractivity contribution in [3.63, 3.8) is 0 Å². The summed E-state index contributed by atoms with van der Waals surface area (Å²) in [7, 11) is 0. The van der Waals surface area contributed by atoms with Gasteiger partial charge in [-0.05, 0) is 38.9 Å². The van der Waals surface area contributed by atoms with Crippen molar-refractivity contribution < 1.29 is 14.3 Å². The molecule has 2 amide bonds. The van der Waals surface area contributed by atoms with Crippen molar-refractivity contribution in [1.29, 1.82) is 0 Å². The summed E-state index contributed by atoms with van der Waals surface area (Å²) < 4.78 is 5.94. The standard InChI is InChI=1S/C20H27N3O3/c1-16(2)26-18-7-4-3-6-17(18)22-14-12-21(13-15-22)10-5-11-23-19(24)8-9-20(23)25/h3-4,6-9,16H,5,10-15H2,1-2H3. The van der Waals surface area contributed by atoms with Gasteiger partial charge in [0.2, 0.25) is 0 Å². The van der Waals surface area contributed by atoms with E-state index in [1.165, 1.54) is 17.1 Å². The molecule has 1 saturated heterocycles. The average Bonchev–Trinajstić information content (AvgIpc) is 2.94. The van der Waals surface area contributed by atoms with Crippen LogP contribution in [0.4, 0.5) is 5.69 Å². The first-order chi connectivity index (χ1) is 12.5. The second-order valence-electron chi connectivity index (χ2n) is 6.98. The van der Waals surface area contributed by atoms with E-state index in [9.17, 15) is 9.59 Å². The van der Waals surface area contributed by atoms with Crippen molar-refractivity contribution in [2.75, 3.05) is 44.2 Å². The van der Waals surface area contributed by atoms with Gasteiger partial charge in [0.05, 0.1) is 11.8 Å². The van der Waals surface area contributed by atoms with Crippen LogP contribution in [0.3, 0.4) is 0 Å². The van der Waals surface area contributed by atoms with Gasteiger partial charge in [-0.1, -0.05) is 12.1 Å². The van der Waals surface area contributed by atoms with Crippen molar-refractivity contribution in [3.8, 4) is 5.75 Å². The monoisotopic (exact) mass is 357 g/mol. The van der Waals surface area contributed by atoms with Crippen molar-refractivity contribution in [3.05, 3.63) is 36.4 Å². The molecule has 1 aromatic carbocycles. The number of rotatable bonds is 7. The van der Waals surface area contributed by atoms with Gasteiger partial charge in [0.1, 0.15) is 5.75 Å². The third kappa shape index (κ3) is 4.43. The molecule has 2 aliphatic heterocycles. The molecule has 140 valence electrons. The van der Waals surface area contributed by atoms with Crippen molar-refractivity contribution in [2.45, 2.75) is 26.4 Å². The summed E-state index contributed by atoms with van der Waals surface area (Å²) >= 11 is 0. The van der Waals surface area contributed by atoms with E-state index in [0.717, 1.165) is 50.6 Å². The number of nitrogens with zero attached hydrogens (tertiary/aromatic N) is 3. The molecule has 1 aromatic rings. The highest BCUT2D eigenvalue weighted by molar-refractivity contribution is 6.12. The molecule has 0 radical (unpaired) electrons. The Kier molecular flexibility index (Phi) is 5.93. The Labute approximate surface area is 155 Å². The summed E-state index contributed by atoms with van der Waals surface area (Å²) in [4.78, 5) is 29.2. The number of hydrogen-bond donors (Lipinski definition) is 0. The first-order valence-corrected chi connectivity index (χ1v) is 9.31. The van der Waals surface area contributed by atoms with Gasteiger partial charge in [0.25, 0.3) is 11.8 Å². The fourth-order valence-electron chi connectivity index (χ4n) is 3.39. The smallest absolute Gasteiger partial charge is 0.253 e. The molecule has 0 saturated carbocycles. The van der Waals surface area contributed by atoms with E-state index in [2.05, 4.69) is 15.9 Å². The molecule has 0 atom stereocenters. The number of hydrogen-bond acceptors (Lipinski definition) is 5. The lowest BCUT2D eigenvalue weighted by atomic mass is 10.2. The largest absolute Gasteiger partial charge is 0.489 e. The van der Waals surface area contributed by atoms with Crippen LogP contribution in [0.2, 0.25) is 0 Å². The van der Waals surface area contributed by atoms with Crippen molar-refractivity contribution in [2.24, 2.45) is 0 Å². The number of imide groups is 1. The lowest BCUT2D eigenvalue weighted by Crippen LogP contribution is -2.47. The first kappa shape index (κ1) is 18.5. The highest BCUT2D eigenvalue weighted by atomic mass is 16.5. The molecular formula is C20H27N3O3. The van der Waals surface area contributed by atoms with Crippen LogP contribution in [-0.4, -0.2) is 67.0 Å². The number of carbonyl (C=O) groups is 2. The van der Waals surface area contributed by atoms with Crippen LogP contribution in [-0.2, 0) is 9.59 Å². The molecule has 3 rings (SSSR count). The molecule has 0 aromatic heterocycles. The zero-order valence-electron chi connectivity index (χ0n) is 15.6. The summed E-state index contributed by atoms with van der Waals surface area (Å²) in [5, 5.41) is 0. The van der Waals surface area contributed by atoms with Crippen molar-refractivity contribution >= 4 is 17.5 Å². The van der Waals surface area contributed by atoms with Gasteiger partial charge in [-0.25, -0.2) is 0 Å². The van der Waals surface area contributed by atoms with E-state index >= 15 is 0 Å². The number of anilines is 1. The SMILES string of the molecule is CC(C)Oc1ccccc1N1CCN(CCCN2C(=O)C=CC2=O)CC1. The number of amides is 2. The van der Waals surface area contributed by atoms with E-state index in [4.69, 9.17) is 4.74 Å². The van der Waals surface area contributed by atoms with Crippen LogP contribution in [0.1, 0.15) is 20.3 Å². The van der Waals surface area contributed by atoms with Gasteiger partial charge in [-0.3, -0.25) is 19.4 Å². The van der Waals surface area contributed by atoms with E-state index in [1.54, 1.807) is 0 Å². The van der Waals surface area contributed by atoms with Gasteiger partial charge in [-0.15, -0.1) is 0 Å². The Morgan fingerprint density at radius 2 is 1.62 bits per heavy atom. The Balaban J connectivity index is 1.46. The second-order valence-corrected chi connectivity index (χ2v) is 6.98. The summed E-state index contributed by atoms with van der Waals surface area (Å²) in [6.45, 7) is 9.31. The van der Waals surface area contributed by atoms with Crippen LogP contribution in [0, 0.1) is 0 Å². The number of carbonyl (C=O) groups excluding carboxylic acids is 2. The van der Waals surface area contributed by atoms with Gasteiger partial charge >= 0.3 is 0 Å². The zero-order valence-corrected chi connectivity index (χ0v) is 15.6. The minimum atomic E-state index is -0.193. The van der Waals surface area contributed by atoms with Gasteiger partial charge in [0, 0.05) is 44.9 Å². The molecule has 0 unspecified atom stereocenters. The predicted molar refractivity (Wildman–Crippen MR) is 101 cm³/mol. The maximum Gasteiger partial charge on any atom is 0.253 e. The lowest BCUT2D eigenvalue weighted by Gasteiger charge is -2.37. The predicted octanol–water partition coefficient (Wildman–Crippen LogP) is 1.91. The molecular weight excluding hydrogens is 330 g/mol. The quantitative estimate of drug-likeness (QED) is 0.698. The van der Waals surface area contributed by atoms with E-state index in [0.29, 0.717) is 6.54 Å². The number of ether oxygens (including phenoxy) is 1. The Bertz CT molecular complexity index is 661. The number of benzene rings is 1. The molecule has 0 spiro atoms. The van der Waals surface area contributed by atoms with Gasteiger partial charge < -0.3 is 9.64 Å². The first-order valence-electron chi connectivity index (χ1n) is 9.31. The number of piperazine rings is 1. The molecule has 2 heterocycles. The molecule has 2 aliphatic rings. The maximum atomic E-state index is 11.6. The molecule has 6 nitrogen and oxygen atoms in total. The summed E-state index contributed by atoms with van der Waals surface area (Å²) in [6.07, 6.45) is 3.66. The van der Waals surface area contributed by atoms with Crippen molar-refractivity contribution in [1.82, 2.24) is 9.80 Å². The fraction of sp³-hybridized carbons (Fsp3) is 0.500. The minimum absolute atomic E-state index is 0.155. The van der Waals surface area contributed by atoms with E-state index in [-0.39, 0.29) is 17.9 Å². The molecule has 1 fully saturated rings. The van der Waals surface area contributed by atoms with E-state index in [1.807, 2.05) is 32.0 Å². The lowest BCUT2D eigenvalue weighted by molar-refractivity contribution is -0.136. The normalized spacial score (nSPS) is 18.3. The van der Waals surface area contributed by atoms with Crippen LogP contribution in [0.15, 0.2) is 36.4 Å². The van der Waals surface area contributed by atoms with Gasteiger partial charge in [0.15, 0.2) is 0 Å². The maximum absolute atomic E-state index is 11.6. The summed E-state index contributed by atoms with van der Waals surface area (Å²) in [5.41, 5.74) is 1.15. The summed E-state index contributed by atoms with van der Waals surface area (Å²) in [5.74, 6) is 0.553. The highest BCUT2D eigenvalue weighted by Crippen LogP contribution is 2.29. The molecule has 26 heavy (non-hydrogen) atoms. The van der Waals surface area contributed by atoms with Crippen LogP contribution < -0.4 is 9.64 Å². The Morgan fingerprint density at radius 3 is 2.27 bits per heavy atom. The highest BCUT2D eigenvalue weighted by Gasteiger charge is 2.24. The summed E-state index contributed by atoms with van der Waals surface area (Å²) in [6, 6.07) is 8.20. The van der Waals surface area contributed by atoms with Gasteiger partial charge in [-0.2, -0.15) is 0 Å². The van der Waals surface area contributed by atoms with Crippen LogP contribution in [0.5, 0.6) is 5.75 Å². The topological polar surface area (TPSA) is 53.1 Å². The molecule has 0 bridgehead atoms. The van der Waals surface area contributed by atoms with Crippen LogP contribution in [0.25, 0.3) is 0 Å². The average molecular weight is 357 g/mol. The second kappa shape index (κ2) is 8.36. The Hall–Kier alpha value is -2.34. The molecule has 0 aliphatic carbocycles. The van der Waals surface area contributed by atoms with E-state index < -0.39 is 0 Å². The zero-order chi connectivity index (χ0) is 18.5. The Morgan fingerprint density at radius 1 is 0.962 bits per heavy atom. The minimum Gasteiger partial charge on any atom is -0.489 e. The third-order valence-electron chi connectivity index (χ3n) is 4.70. The molecule has 0 N–H and O–H groups in total. The van der Waals surface area contributed by atoms with Crippen LogP contribution >= 0.6 is 0 Å². The number of para-hydroxylation sites is 2.